The van der Waals surface area contributed by atoms with Crippen molar-refractivity contribution in [3.05, 3.63) is 17.2 Å². The van der Waals surface area contributed by atoms with E-state index in [0.717, 1.165) is 13.2 Å². The molecule has 9 heteroatoms. The number of hydrogen-bond donors (Lipinski definition) is 0. The average molecular weight is 344 g/mol. The first kappa shape index (κ1) is 15.5. The first-order valence-corrected chi connectivity index (χ1v) is 5.92. The number of halogens is 4. The molecule has 19 heavy (non-hydrogen) atoms. The van der Waals surface area contributed by atoms with Crippen LogP contribution in [0.15, 0.2) is 6.07 Å². The Hall–Kier alpha value is -1.51. The summed E-state index contributed by atoms with van der Waals surface area (Å²) in [5, 5.41) is 0.0133. The van der Waals surface area contributed by atoms with Crippen LogP contribution < -0.4 is 9.47 Å². The van der Waals surface area contributed by atoms with Crippen LogP contribution in [0, 0.1) is 0 Å². The van der Waals surface area contributed by atoms with Crippen LogP contribution in [0.2, 0.25) is 0 Å². The fourth-order valence-electron chi connectivity index (χ4n) is 1.23. The van der Waals surface area contributed by atoms with Crippen molar-refractivity contribution in [1.29, 1.82) is 0 Å². The summed E-state index contributed by atoms with van der Waals surface area (Å²) in [5.41, 5.74) is -0.0486. The number of hydrogen-bond acceptors (Lipinski definition) is 5. The lowest BCUT2D eigenvalue weighted by Gasteiger charge is -2.14. The van der Waals surface area contributed by atoms with E-state index in [1.54, 1.807) is 0 Å². The van der Waals surface area contributed by atoms with Gasteiger partial charge in [-0.05, 0) is 6.07 Å². The van der Waals surface area contributed by atoms with E-state index in [2.05, 4.69) is 30.4 Å². The Morgan fingerprint density at radius 3 is 2.42 bits per heavy atom. The summed E-state index contributed by atoms with van der Waals surface area (Å²) in [6.07, 6.45) is -4.89. The van der Waals surface area contributed by atoms with E-state index in [1.807, 2.05) is 0 Å². The molecule has 106 valence electrons. The molecule has 0 aliphatic carbocycles. The third-order valence-electron chi connectivity index (χ3n) is 1.98. The van der Waals surface area contributed by atoms with Crippen molar-refractivity contribution < 1.29 is 32.2 Å². The Labute approximate surface area is 114 Å². The van der Waals surface area contributed by atoms with E-state index in [-0.39, 0.29) is 22.3 Å². The summed E-state index contributed by atoms with van der Waals surface area (Å²) in [6, 6.07) is 1.16. The Morgan fingerprint density at radius 1 is 1.37 bits per heavy atom. The summed E-state index contributed by atoms with van der Waals surface area (Å²) >= 11 is 2.99. The molecule has 0 saturated carbocycles. The molecule has 0 N–H and O–H groups in total. The number of esters is 1. The standard InChI is InChI=1S/C10H9BrF3NO4/c1-17-8-6(9(16)18-2)3-5(4-11)7(15-8)19-10(12,13)14/h3H,4H2,1-2H3. The largest absolute Gasteiger partial charge is 0.574 e. The van der Waals surface area contributed by atoms with Crippen molar-refractivity contribution in [3.63, 3.8) is 0 Å². The van der Waals surface area contributed by atoms with Crippen molar-refractivity contribution >= 4 is 21.9 Å². The van der Waals surface area contributed by atoms with Crippen LogP contribution in [-0.4, -0.2) is 31.5 Å². The fourth-order valence-corrected chi connectivity index (χ4v) is 1.63. The SMILES string of the molecule is COC(=O)c1cc(CBr)c(OC(F)(F)F)nc1OC. The molecule has 0 atom stereocenters. The van der Waals surface area contributed by atoms with Crippen molar-refractivity contribution in [2.45, 2.75) is 11.7 Å². The van der Waals surface area contributed by atoms with Gasteiger partial charge >= 0.3 is 12.3 Å². The molecule has 0 aromatic carbocycles. The van der Waals surface area contributed by atoms with Gasteiger partial charge < -0.3 is 14.2 Å². The summed E-state index contributed by atoms with van der Waals surface area (Å²) in [6.45, 7) is 0. The molecule has 0 bridgehead atoms. The van der Waals surface area contributed by atoms with Crippen molar-refractivity contribution in [1.82, 2.24) is 4.98 Å². The lowest BCUT2D eigenvalue weighted by atomic mass is 10.2. The smallest absolute Gasteiger partial charge is 0.480 e. The Bertz CT molecular complexity index is 479. The van der Waals surface area contributed by atoms with Gasteiger partial charge in [-0.2, -0.15) is 4.98 Å². The topological polar surface area (TPSA) is 57.7 Å². The molecular weight excluding hydrogens is 335 g/mol. The summed E-state index contributed by atoms with van der Waals surface area (Å²) < 4.78 is 49.6. The molecular formula is C10H9BrF3NO4. The van der Waals surface area contributed by atoms with Crippen LogP contribution in [0.25, 0.3) is 0 Å². The molecule has 0 fully saturated rings. The highest BCUT2D eigenvalue weighted by molar-refractivity contribution is 9.08. The lowest BCUT2D eigenvalue weighted by molar-refractivity contribution is -0.276. The van der Waals surface area contributed by atoms with E-state index in [1.165, 1.54) is 7.11 Å². The van der Waals surface area contributed by atoms with E-state index < -0.39 is 18.2 Å². The average Bonchev–Trinajstić information content (AvgIpc) is 2.35. The van der Waals surface area contributed by atoms with Gasteiger partial charge in [0, 0.05) is 10.9 Å². The Morgan fingerprint density at radius 2 is 2.00 bits per heavy atom. The predicted octanol–water partition coefficient (Wildman–Crippen LogP) is 2.67. The van der Waals surface area contributed by atoms with Crippen molar-refractivity contribution in [2.24, 2.45) is 0 Å². The molecule has 5 nitrogen and oxygen atoms in total. The minimum absolute atomic E-state index is 0.0133. The monoisotopic (exact) mass is 343 g/mol. The minimum Gasteiger partial charge on any atom is -0.480 e. The van der Waals surface area contributed by atoms with Crippen LogP contribution in [0.5, 0.6) is 11.8 Å². The van der Waals surface area contributed by atoms with Crippen LogP contribution in [0.1, 0.15) is 15.9 Å². The molecule has 1 rings (SSSR count). The van der Waals surface area contributed by atoms with E-state index >= 15 is 0 Å². The number of alkyl halides is 4. The number of carbonyl (C=O) groups excluding carboxylic acids is 1. The lowest BCUT2D eigenvalue weighted by Crippen LogP contribution is -2.19. The molecule has 0 aliphatic heterocycles. The van der Waals surface area contributed by atoms with Gasteiger partial charge in [-0.25, -0.2) is 4.79 Å². The number of carbonyl (C=O) groups is 1. The van der Waals surface area contributed by atoms with Gasteiger partial charge in [0.1, 0.15) is 5.56 Å². The molecule has 1 aromatic rings. The van der Waals surface area contributed by atoms with Gasteiger partial charge in [0.2, 0.25) is 11.8 Å². The predicted molar refractivity (Wildman–Crippen MR) is 61.4 cm³/mol. The highest BCUT2D eigenvalue weighted by Crippen LogP contribution is 2.30. The number of methoxy groups -OCH3 is 2. The Kier molecular flexibility index (Phi) is 4.98. The molecule has 1 aromatic heterocycles. The van der Waals surface area contributed by atoms with Gasteiger partial charge in [0.25, 0.3) is 0 Å². The molecule has 0 saturated heterocycles. The second kappa shape index (κ2) is 6.09. The van der Waals surface area contributed by atoms with Gasteiger partial charge in [0.15, 0.2) is 0 Å². The second-order valence-electron chi connectivity index (χ2n) is 3.18. The first-order chi connectivity index (χ1) is 8.82. The van der Waals surface area contributed by atoms with Gasteiger partial charge in [-0.1, -0.05) is 15.9 Å². The van der Waals surface area contributed by atoms with Crippen LogP contribution in [-0.2, 0) is 10.1 Å². The van der Waals surface area contributed by atoms with Crippen molar-refractivity contribution in [2.75, 3.05) is 14.2 Å². The number of ether oxygens (including phenoxy) is 3. The number of rotatable bonds is 4. The van der Waals surface area contributed by atoms with Gasteiger partial charge in [-0.15, -0.1) is 13.2 Å². The number of pyridine rings is 1. The maximum atomic E-state index is 12.2. The third-order valence-corrected chi connectivity index (χ3v) is 2.59. The zero-order valence-electron chi connectivity index (χ0n) is 9.88. The van der Waals surface area contributed by atoms with Crippen LogP contribution in [0.3, 0.4) is 0 Å². The van der Waals surface area contributed by atoms with Crippen LogP contribution >= 0.6 is 15.9 Å². The maximum absolute atomic E-state index is 12.2. The number of aromatic nitrogens is 1. The van der Waals surface area contributed by atoms with Crippen molar-refractivity contribution in [3.8, 4) is 11.8 Å². The van der Waals surface area contributed by atoms with E-state index in [9.17, 15) is 18.0 Å². The highest BCUT2D eigenvalue weighted by Gasteiger charge is 2.33. The summed E-state index contributed by atoms with van der Waals surface area (Å²) in [7, 11) is 2.30. The van der Waals surface area contributed by atoms with E-state index in [4.69, 9.17) is 4.74 Å². The molecule has 0 amide bonds. The highest BCUT2D eigenvalue weighted by atomic mass is 79.9. The summed E-state index contributed by atoms with van der Waals surface area (Å²) in [4.78, 5) is 15.0. The summed E-state index contributed by atoms with van der Waals surface area (Å²) in [5.74, 6) is -1.77. The minimum atomic E-state index is -4.89. The quantitative estimate of drug-likeness (QED) is 0.621. The van der Waals surface area contributed by atoms with Gasteiger partial charge in [-0.3, -0.25) is 0 Å². The maximum Gasteiger partial charge on any atom is 0.574 e. The third kappa shape index (κ3) is 3.98. The van der Waals surface area contributed by atoms with E-state index in [0.29, 0.717) is 0 Å². The molecule has 1 heterocycles. The number of nitrogens with zero attached hydrogens (tertiary/aromatic N) is 1. The Balaban J connectivity index is 3.31. The van der Waals surface area contributed by atoms with Gasteiger partial charge in [0.05, 0.1) is 14.2 Å². The first-order valence-electron chi connectivity index (χ1n) is 4.80. The molecule has 0 spiro atoms. The fraction of sp³-hybridized carbons (Fsp3) is 0.400. The normalized spacial score (nSPS) is 11.1. The molecule has 0 unspecified atom stereocenters. The zero-order valence-corrected chi connectivity index (χ0v) is 11.5. The molecule has 0 radical (unpaired) electrons. The van der Waals surface area contributed by atoms with Crippen LogP contribution in [0.4, 0.5) is 13.2 Å². The second-order valence-corrected chi connectivity index (χ2v) is 3.74. The zero-order chi connectivity index (χ0) is 14.6. The molecule has 0 aliphatic rings.